The summed E-state index contributed by atoms with van der Waals surface area (Å²) in [6.07, 6.45) is 5.30. The molecule has 2 aromatic carbocycles. The Morgan fingerprint density at radius 1 is 1.09 bits per heavy atom. The molecule has 5 rings (SSSR count). The number of amides is 1. The quantitative estimate of drug-likeness (QED) is 0.329. The van der Waals surface area contributed by atoms with Crippen LogP contribution in [0.4, 0.5) is 0 Å². The molecular weight excluding hydrogens is 550 g/mol. The van der Waals surface area contributed by atoms with Crippen LogP contribution in [0.1, 0.15) is 51.8 Å². The molecule has 1 fully saturated rings. The molecule has 0 N–H and O–H groups in total. The van der Waals surface area contributed by atoms with Gasteiger partial charge in [0.2, 0.25) is 0 Å². The van der Waals surface area contributed by atoms with Crippen molar-refractivity contribution in [1.82, 2.24) is 9.99 Å². The Morgan fingerprint density at radius 2 is 1.78 bits per heavy atom. The molecule has 1 aliphatic heterocycles. The van der Waals surface area contributed by atoms with E-state index in [0.29, 0.717) is 4.88 Å². The molecule has 2 atom stereocenters. The summed E-state index contributed by atoms with van der Waals surface area (Å²) in [7, 11) is 0. The summed E-state index contributed by atoms with van der Waals surface area (Å²) < 4.78 is 2.09. The zero-order chi connectivity index (χ0) is 22.2. The molecule has 7 heteroatoms. The van der Waals surface area contributed by atoms with E-state index in [4.69, 9.17) is 5.10 Å². The van der Waals surface area contributed by atoms with Crippen molar-refractivity contribution >= 4 is 60.9 Å². The number of thiazole rings is 1. The Kier molecular flexibility index (Phi) is 6.14. The molecule has 0 bridgehead atoms. The van der Waals surface area contributed by atoms with Gasteiger partial charge >= 0.3 is 0 Å². The van der Waals surface area contributed by atoms with Gasteiger partial charge in [-0.25, -0.2) is 9.99 Å². The van der Waals surface area contributed by atoms with Gasteiger partial charge in [0.05, 0.1) is 23.0 Å². The summed E-state index contributed by atoms with van der Waals surface area (Å²) in [5, 5.41) is 6.69. The zero-order valence-corrected chi connectivity index (χ0v) is 21.5. The first-order valence-corrected chi connectivity index (χ1v) is 13.0. The summed E-state index contributed by atoms with van der Waals surface area (Å²) in [6.45, 7) is 1.88. The predicted molar refractivity (Wildman–Crippen MR) is 137 cm³/mol. The molecule has 1 aliphatic carbocycles. The Morgan fingerprint density at radius 3 is 2.44 bits per heavy atom. The van der Waals surface area contributed by atoms with Crippen LogP contribution < -0.4 is 0 Å². The first-order chi connectivity index (χ1) is 15.5. The minimum Gasteiger partial charge on any atom is -0.266 e. The van der Waals surface area contributed by atoms with Crippen LogP contribution in [0.5, 0.6) is 0 Å². The summed E-state index contributed by atoms with van der Waals surface area (Å²) in [5.74, 6) is 0.117. The van der Waals surface area contributed by atoms with Gasteiger partial charge in [-0.2, -0.15) is 5.10 Å². The maximum Gasteiger partial charge on any atom is 0.286 e. The number of carbonyl (C=O) groups is 1. The number of hydrogen-bond donors (Lipinski definition) is 0. The summed E-state index contributed by atoms with van der Waals surface area (Å²) >= 11 is 8.42. The van der Waals surface area contributed by atoms with Gasteiger partial charge in [-0.1, -0.05) is 56.1 Å². The maximum atomic E-state index is 13.6. The van der Waals surface area contributed by atoms with E-state index >= 15 is 0 Å². The number of nitrogens with zero attached hydrogens (tertiary/aromatic N) is 3. The largest absolute Gasteiger partial charge is 0.286 e. The number of hydrazone groups is 1. The number of halogens is 2. The Hall–Kier alpha value is -2.09. The number of fused-ring (bicyclic) bond motifs is 1. The van der Waals surface area contributed by atoms with Crippen molar-refractivity contribution < 1.29 is 4.79 Å². The molecule has 1 amide bonds. The summed E-state index contributed by atoms with van der Waals surface area (Å²) in [4.78, 5) is 18.5. The van der Waals surface area contributed by atoms with Crippen molar-refractivity contribution in [3.63, 3.8) is 0 Å². The molecule has 32 heavy (non-hydrogen) atoms. The number of hydrogen-bond acceptors (Lipinski definition) is 4. The average molecular weight is 571 g/mol. The van der Waals surface area contributed by atoms with Crippen molar-refractivity contribution in [2.45, 2.75) is 32.2 Å². The molecule has 4 nitrogen and oxygen atoms in total. The van der Waals surface area contributed by atoms with Crippen LogP contribution in [0.15, 0.2) is 73.7 Å². The Labute approximate surface area is 208 Å². The van der Waals surface area contributed by atoms with Crippen molar-refractivity contribution in [2.75, 3.05) is 0 Å². The monoisotopic (exact) mass is 569 g/mol. The SMILES string of the molecule is Cc1ncsc1C(=O)N1N=C2/C(=C/c3ccc(Br)cc3)CCC[C@H]2[C@@H]1c1ccc(Br)cc1. The summed E-state index contributed by atoms with van der Waals surface area (Å²) in [6, 6.07) is 16.5. The minimum absolute atomic E-state index is 0.0668. The topological polar surface area (TPSA) is 45.6 Å². The lowest BCUT2D eigenvalue weighted by molar-refractivity contribution is 0.0685. The highest BCUT2D eigenvalue weighted by Gasteiger charge is 2.44. The first kappa shape index (κ1) is 21.7. The second kappa shape index (κ2) is 9.04. The first-order valence-electron chi connectivity index (χ1n) is 10.6. The molecule has 0 spiro atoms. The molecule has 2 heterocycles. The second-order valence-corrected chi connectivity index (χ2v) is 10.8. The number of allylic oxidation sites excluding steroid dienone is 1. The van der Waals surface area contributed by atoms with Gasteiger partial charge in [0, 0.05) is 14.9 Å². The van der Waals surface area contributed by atoms with Gasteiger partial charge in [-0.15, -0.1) is 11.3 Å². The number of aryl methyl sites for hydroxylation is 1. The molecule has 1 aromatic heterocycles. The van der Waals surface area contributed by atoms with Crippen molar-refractivity contribution in [1.29, 1.82) is 0 Å². The third-order valence-electron chi connectivity index (χ3n) is 6.07. The van der Waals surface area contributed by atoms with Crippen LogP contribution in [0.25, 0.3) is 6.08 Å². The Bertz CT molecular complexity index is 1210. The maximum absolute atomic E-state index is 13.6. The van der Waals surface area contributed by atoms with E-state index in [0.717, 1.165) is 50.7 Å². The molecule has 1 saturated carbocycles. The van der Waals surface area contributed by atoms with Crippen molar-refractivity contribution in [3.05, 3.63) is 90.3 Å². The Balaban J connectivity index is 1.58. The van der Waals surface area contributed by atoms with Crippen LogP contribution in [0.3, 0.4) is 0 Å². The fraction of sp³-hybridized carbons (Fsp3) is 0.240. The van der Waals surface area contributed by atoms with Gasteiger partial charge in [-0.3, -0.25) is 4.79 Å². The molecular formula is C25H21Br2N3OS. The average Bonchev–Trinajstić information content (AvgIpc) is 3.40. The number of benzene rings is 2. The third kappa shape index (κ3) is 4.14. The standard InChI is InChI=1S/C25H21Br2N3OS/c1-15-24(32-14-28-15)25(31)30-23(17-7-11-20(27)12-8-17)21-4-2-3-18(22(21)29-30)13-16-5-9-19(26)10-6-16/h5-14,21,23H,2-4H2,1H3/b18-13+/t21-,23+/m1/s1. The lowest BCUT2D eigenvalue weighted by Crippen LogP contribution is -2.31. The number of aromatic nitrogens is 1. The normalized spacial score (nSPS) is 21.5. The van der Waals surface area contributed by atoms with Crippen LogP contribution in [-0.2, 0) is 0 Å². The fourth-order valence-corrected chi connectivity index (χ4v) is 5.80. The highest BCUT2D eigenvalue weighted by Crippen LogP contribution is 2.45. The highest BCUT2D eigenvalue weighted by atomic mass is 79.9. The van der Waals surface area contributed by atoms with E-state index in [-0.39, 0.29) is 17.9 Å². The molecule has 0 saturated heterocycles. The van der Waals surface area contributed by atoms with E-state index in [1.807, 2.05) is 19.1 Å². The number of carbonyl (C=O) groups excluding carboxylic acids is 1. The zero-order valence-electron chi connectivity index (χ0n) is 17.5. The molecule has 0 unspecified atom stereocenters. The van der Waals surface area contributed by atoms with Crippen LogP contribution in [0, 0.1) is 12.8 Å². The fourth-order valence-electron chi connectivity index (χ4n) is 4.53. The lowest BCUT2D eigenvalue weighted by Gasteiger charge is -2.29. The van der Waals surface area contributed by atoms with Gasteiger partial charge in [0.25, 0.3) is 5.91 Å². The number of rotatable bonds is 3. The van der Waals surface area contributed by atoms with E-state index in [9.17, 15) is 4.79 Å². The minimum atomic E-state index is -0.110. The highest BCUT2D eigenvalue weighted by molar-refractivity contribution is 9.10. The van der Waals surface area contributed by atoms with E-state index in [1.165, 1.54) is 16.9 Å². The van der Waals surface area contributed by atoms with Crippen molar-refractivity contribution in [3.8, 4) is 0 Å². The predicted octanol–water partition coefficient (Wildman–Crippen LogP) is 7.41. The second-order valence-electron chi connectivity index (χ2n) is 8.12. The summed E-state index contributed by atoms with van der Waals surface area (Å²) in [5.41, 5.74) is 7.01. The van der Waals surface area contributed by atoms with Gasteiger partial charge in [0.15, 0.2) is 0 Å². The van der Waals surface area contributed by atoms with Crippen molar-refractivity contribution in [2.24, 2.45) is 11.0 Å². The van der Waals surface area contributed by atoms with E-state index < -0.39 is 0 Å². The smallest absolute Gasteiger partial charge is 0.266 e. The van der Waals surface area contributed by atoms with E-state index in [2.05, 4.69) is 79.3 Å². The van der Waals surface area contributed by atoms with Crippen LogP contribution in [-0.4, -0.2) is 21.6 Å². The third-order valence-corrected chi connectivity index (χ3v) is 8.05. The van der Waals surface area contributed by atoms with Gasteiger partial charge in [-0.05, 0) is 73.2 Å². The van der Waals surface area contributed by atoms with Gasteiger partial charge < -0.3 is 0 Å². The lowest BCUT2D eigenvalue weighted by atomic mass is 9.77. The van der Waals surface area contributed by atoms with Crippen LogP contribution in [0.2, 0.25) is 0 Å². The van der Waals surface area contributed by atoms with E-state index in [1.54, 1.807) is 10.5 Å². The molecule has 2 aliphatic rings. The molecule has 0 radical (unpaired) electrons. The molecule has 162 valence electrons. The van der Waals surface area contributed by atoms with Crippen LogP contribution >= 0.6 is 43.2 Å². The van der Waals surface area contributed by atoms with Gasteiger partial charge in [0.1, 0.15) is 4.88 Å². The molecule has 3 aromatic rings.